The Bertz CT molecular complexity index is 1330. The van der Waals surface area contributed by atoms with Crippen LogP contribution >= 0.6 is 0 Å². The minimum absolute atomic E-state index is 0.198. The first-order valence-corrected chi connectivity index (χ1v) is 12.1. The van der Waals surface area contributed by atoms with Crippen LogP contribution in [-0.2, 0) is 13.1 Å². The lowest BCUT2D eigenvalue weighted by Crippen LogP contribution is -2.25. The van der Waals surface area contributed by atoms with Crippen molar-refractivity contribution in [2.45, 2.75) is 39.8 Å². The average molecular weight is 488 g/mol. The van der Waals surface area contributed by atoms with Crippen LogP contribution < -0.4 is 19.5 Å². The molecule has 7 heteroatoms. The van der Waals surface area contributed by atoms with E-state index in [0.29, 0.717) is 30.2 Å². The molecule has 4 aromatic rings. The smallest absolute Gasteiger partial charge is 0.251 e. The van der Waals surface area contributed by atoms with Gasteiger partial charge in [-0.1, -0.05) is 30.3 Å². The lowest BCUT2D eigenvalue weighted by atomic mass is 10.1. The molecule has 0 spiro atoms. The number of nitrogens with zero attached hydrogens (tertiary/aromatic N) is 2. The number of fused-ring (bicyclic) bond motifs is 1. The molecule has 0 fully saturated rings. The molecule has 36 heavy (non-hydrogen) atoms. The molecule has 0 saturated heterocycles. The maximum Gasteiger partial charge on any atom is 0.251 e. The van der Waals surface area contributed by atoms with E-state index in [1.165, 1.54) is 0 Å². The third-order valence-electron chi connectivity index (χ3n) is 6.22. The molecule has 1 heterocycles. The third-order valence-corrected chi connectivity index (χ3v) is 6.22. The number of carbonyl (C=O) groups is 1. The highest BCUT2D eigenvalue weighted by atomic mass is 16.5. The number of hydrogen-bond donors (Lipinski definition) is 1. The highest BCUT2D eigenvalue weighted by molar-refractivity contribution is 5.94. The number of nitrogens with one attached hydrogen (secondary N) is 1. The number of methoxy groups -OCH3 is 2. The molecule has 1 amide bonds. The van der Waals surface area contributed by atoms with Crippen LogP contribution in [0.3, 0.4) is 0 Å². The zero-order valence-electron chi connectivity index (χ0n) is 21.3. The van der Waals surface area contributed by atoms with E-state index in [-0.39, 0.29) is 5.91 Å². The summed E-state index contributed by atoms with van der Waals surface area (Å²) in [7, 11) is 3.12. The molecule has 4 rings (SSSR count). The van der Waals surface area contributed by atoms with E-state index in [4.69, 9.17) is 19.2 Å². The quantitative estimate of drug-likeness (QED) is 0.284. The van der Waals surface area contributed by atoms with Gasteiger partial charge < -0.3 is 24.1 Å². The van der Waals surface area contributed by atoms with Gasteiger partial charge in [0.05, 0.1) is 38.4 Å². The van der Waals surface area contributed by atoms with Gasteiger partial charge in [-0.2, -0.15) is 0 Å². The van der Waals surface area contributed by atoms with Crippen molar-refractivity contribution in [3.05, 3.63) is 83.2 Å². The molecule has 0 unspecified atom stereocenters. The van der Waals surface area contributed by atoms with E-state index in [2.05, 4.69) is 41.9 Å². The third kappa shape index (κ3) is 5.62. The minimum atomic E-state index is -0.198. The highest BCUT2D eigenvalue weighted by Gasteiger charge is 2.14. The van der Waals surface area contributed by atoms with Gasteiger partial charge in [0, 0.05) is 12.1 Å². The van der Waals surface area contributed by atoms with E-state index in [0.717, 1.165) is 53.1 Å². The predicted octanol–water partition coefficient (Wildman–Crippen LogP) is 5.46. The van der Waals surface area contributed by atoms with Crippen molar-refractivity contribution < 1.29 is 19.0 Å². The Balaban J connectivity index is 1.40. The van der Waals surface area contributed by atoms with E-state index in [1.54, 1.807) is 32.4 Å². The van der Waals surface area contributed by atoms with Crippen LogP contribution in [0.5, 0.6) is 17.2 Å². The number of imidazole rings is 1. The molecular formula is C29H33N3O4. The van der Waals surface area contributed by atoms with Gasteiger partial charge in [0.2, 0.25) is 0 Å². The maximum atomic E-state index is 12.8. The lowest BCUT2D eigenvalue weighted by molar-refractivity contribution is 0.0949. The van der Waals surface area contributed by atoms with Gasteiger partial charge in [-0.3, -0.25) is 4.79 Å². The normalized spacial score (nSPS) is 10.9. The lowest BCUT2D eigenvalue weighted by Gasteiger charge is -2.13. The monoisotopic (exact) mass is 487 g/mol. The molecule has 0 aliphatic carbocycles. The summed E-state index contributed by atoms with van der Waals surface area (Å²) < 4.78 is 18.8. The van der Waals surface area contributed by atoms with E-state index >= 15 is 0 Å². The fraction of sp³-hybridized carbons (Fsp3) is 0.310. The van der Waals surface area contributed by atoms with Gasteiger partial charge in [-0.15, -0.1) is 0 Å². The first kappa shape index (κ1) is 25.1. The average Bonchev–Trinajstić information content (AvgIpc) is 3.25. The van der Waals surface area contributed by atoms with Gasteiger partial charge >= 0.3 is 0 Å². The molecule has 1 aromatic heterocycles. The molecule has 3 aromatic carbocycles. The van der Waals surface area contributed by atoms with Crippen LogP contribution in [0.2, 0.25) is 0 Å². The summed E-state index contributed by atoms with van der Waals surface area (Å²) in [6.45, 7) is 5.91. The summed E-state index contributed by atoms with van der Waals surface area (Å²) in [6.07, 6.45) is 1.85. The van der Waals surface area contributed by atoms with E-state index in [9.17, 15) is 4.79 Å². The first-order chi connectivity index (χ1) is 17.5. The fourth-order valence-corrected chi connectivity index (χ4v) is 4.32. The number of ether oxygens (including phenoxy) is 3. The van der Waals surface area contributed by atoms with E-state index < -0.39 is 0 Å². The van der Waals surface area contributed by atoms with Crippen molar-refractivity contribution in [3.63, 3.8) is 0 Å². The fourth-order valence-electron chi connectivity index (χ4n) is 4.32. The SMILES string of the molecule is COc1ccc(C(=O)NCc2nc3ccccc3n2CCCCOc2c(C)cccc2C)cc1OC. The summed E-state index contributed by atoms with van der Waals surface area (Å²) in [5.74, 6) is 2.69. The second kappa shape index (κ2) is 11.6. The van der Waals surface area contributed by atoms with Crippen LogP contribution in [0.4, 0.5) is 0 Å². The largest absolute Gasteiger partial charge is 0.493 e. The number of hydrogen-bond acceptors (Lipinski definition) is 5. The topological polar surface area (TPSA) is 74.6 Å². The van der Waals surface area contributed by atoms with Crippen LogP contribution in [0.25, 0.3) is 11.0 Å². The number of rotatable bonds is 11. The Kier molecular flexibility index (Phi) is 8.10. The number of carbonyl (C=O) groups excluding carboxylic acids is 1. The number of unbranched alkanes of at least 4 members (excludes halogenated alkanes) is 1. The second-order valence-electron chi connectivity index (χ2n) is 8.70. The summed E-state index contributed by atoms with van der Waals surface area (Å²) in [5, 5.41) is 3.00. The van der Waals surface area contributed by atoms with Crippen LogP contribution in [0.15, 0.2) is 60.7 Å². The maximum absolute atomic E-state index is 12.8. The second-order valence-corrected chi connectivity index (χ2v) is 8.70. The van der Waals surface area contributed by atoms with Gasteiger partial charge in [-0.05, 0) is 68.1 Å². The number of aryl methyl sites for hydroxylation is 3. The van der Waals surface area contributed by atoms with Crippen LogP contribution in [-0.4, -0.2) is 36.3 Å². The molecule has 0 bridgehead atoms. The molecule has 0 saturated carbocycles. The number of para-hydroxylation sites is 3. The number of amides is 1. The molecule has 0 aliphatic heterocycles. The van der Waals surface area contributed by atoms with Crippen molar-refractivity contribution in [3.8, 4) is 17.2 Å². The summed E-state index contributed by atoms with van der Waals surface area (Å²) >= 11 is 0. The standard InChI is InChI=1S/C29H33N3O4/c1-20-10-9-11-21(2)28(20)36-17-8-7-16-32-24-13-6-5-12-23(24)31-27(32)19-30-29(33)22-14-15-25(34-3)26(18-22)35-4/h5-6,9-15,18H,7-8,16-17,19H2,1-4H3,(H,30,33). The van der Waals surface area contributed by atoms with Crippen molar-refractivity contribution in [2.75, 3.05) is 20.8 Å². The zero-order valence-corrected chi connectivity index (χ0v) is 21.3. The van der Waals surface area contributed by atoms with Crippen molar-refractivity contribution in [2.24, 2.45) is 0 Å². The summed E-state index contributed by atoms with van der Waals surface area (Å²) in [6, 6.07) is 19.4. The molecule has 0 aliphatic rings. The summed E-state index contributed by atoms with van der Waals surface area (Å²) in [5.41, 5.74) is 4.79. The molecule has 1 N–H and O–H groups in total. The highest BCUT2D eigenvalue weighted by Crippen LogP contribution is 2.27. The molecule has 7 nitrogen and oxygen atoms in total. The minimum Gasteiger partial charge on any atom is -0.493 e. The Morgan fingerprint density at radius 3 is 2.42 bits per heavy atom. The van der Waals surface area contributed by atoms with E-state index in [1.807, 2.05) is 24.3 Å². The molecule has 0 atom stereocenters. The Morgan fingerprint density at radius 2 is 1.67 bits per heavy atom. The number of benzene rings is 3. The molecule has 0 radical (unpaired) electrons. The first-order valence-electron chi connectivity index (χ1n) is 12.1. The Morgan fingerprint density at radius 1 is 0.917 bits per heavy atom. The van der Waals surface area contributed by atoms with Crippen molar-refractivity contribution in [1.82, 2.24) is 14.9 Å². The van der Waals surface area contributed by atoms with Gasteiger partial charge in [0.15, 0.2) is 11.5 Å². The molecule has 188 valence electrons. The van der Waals surface area contributed by atoms with Gasteiger partial charge in [0.25, 0.3) is 5.91 Å². The van der Waals surface area contributed by atoms with Crippen LogP contribution in [0, 0.1) is 13.8 Å². The van der Waals surface area contributed by atoms with Crippen molar-refractivity contribution >= 4 is 16.9 Å². The van der Waals surface area contributed by atoms with Crippen LogP contribution in [0.1, 0.15) is 40.2 Å². The predicted molar refractivity (Wildman–Crippen MR) is 141 cm³/mol. The summed E-state index contributed by atoms with van der Waals surface area (Å²) in [4.78, 5) is 17.6. The van der Waals surface area contributed by atoms with Gasteiger partial charge in [0.1, 0.15) is 11.6 Å². The zero-order chi connectivity index (χ0) is 25.5. The molecular weight excluding hydrogens is 454 g/mol. The number of aromatic nitrogens is 2. The Hall–Kier alpha value is -4.00. The van der Waals surface area contributed by atoms with Gasteiger partial charge in [-0.25, -0.2) is 4.98 Å². The van der Waals surface area contributed by atoms with Crippen molar-refractivity contribution in [1.29, 1.82) is 0 Å². The Labute approximate surface area is 212 Å².